The molecule has 1 heterocycles. The Morgan fingerprint density at radius 3 is 3.06 bits per heavy atom. The van der Waals surface area contributed by atoms with Crippen molar-refractivity contribution in [2.24, 2.45) is 0 Å². The smallest absolute Gasteiger partial charge is 0.0408 e. The Hall–Kier alpha value is -0.180. The van der Waals surface area contributed by atoms with Gasteiger partial charge in [-0.1, -0.05) is 17.7 Å². The van der Waals surface area contributed by atoms with E-state index in [2.05, 4.69) is 29.2 Å². The molecule has 2 atom stereocenters. The zero-order valence-electron chi connectivity index (χ0n) is 9.92. The van der Waals surface area contributed by atoms with E-state index < -0.39 is 0 Å². The molecule has 3 rings (SSSR count). The van der Waals surface area contributed by atoms with Crippen LogP contribution in [0.25, 0.3) is 0 Å². The first-order chi connectivity index (χ1) is 8.33. The summed E-state index contributed by atoms with van der Waals surface area (Å²) in [7, 11) is 0. The molecule has 2 unspecified atom stereocenters. The zero-order valence-corrected chi connectivity index (χ0v) is 11.5. The third-order valence-corrected chi connectivity index (χ3v) is 5.23. The molecule has 1 nitrogen and oxygen atoms in total. The predicted molar refractivity (Wildman–Crippen MR) is 76.0 cm³/mol. The van der Waals surface area contributed by atoms with Gasteiger partial charge in [-0.05, 0) is 54.7 Å². The van der Waals surface area contributed by atoms with Crippen LogP contribution in [-0.2, 0) is 6.42 Å². The van der Waals surface area contributed by atoms with Gasteiger partial charge in [0.15, 0.2) is 0 Å². The van der Waals surface area contributed by atoms with Crippen molar-refractivity contribution in [3.8, 4) is 0 Å². The Morgan fingerprint density at radius 1 is 1.29 bits per heavy atom. The quantitative estimate of drug-likeness (QED) is 0.875. The van der Waals surface area contributed by atoms with Gasteiger partial charge in [0.25, 0.3) is 0 Å². The minimum atomic E-state index is 0.561. The van der Waals surface area contributed by atoms with E-state index >= 15 is 0 Å². The van der Waals surface area contributed by atoms with E-state index in [0.29, 0.717) is 12.1 Å². The summed E-state index contributed by atoms with van der Waals surface area (Å²) < 4.78 is 0. The van der Waals surface area contributed by atoms with Gasteiger partial charge < -0.3 is 5.32 Å². The van der Waals surface area contributed by atoms with E-state index in [4.69, 9.17) is 11.6 Å². The zero-order chi connectivity index (χ0) is 11.7. The molecule has 1 aromatic carbocycles. The average Bonchev–Trinajstić information content (AvgIpc) is 2.73. The highest BCUT2D eigenvalue weighted by Gasteiger charge is 2.25. The molecule has 17 heavy (non-hydrogen) atoms. The average molecular weight is 268 g/mol. The second-order valence-electron chi connectivity index (χ2n) is 5.02. The summed E-state index contributed by atoms with van der Waals surface area (Å²) in [6.07, 6.45) is 5.11. The third kappa shape index (κ3) is 2.64. The van der Waals surface area contributed by atoms with Crippen LogP contribution in [0, 0.1) is 0 Å². The summed E-state index contributed by atoms with van der Waals surface area (Å²) in [6.45, 7) is 0. The van der Waals surface area contributed by atoms with Crippen LogP contribution in [0.5, 0.6) is 0 Å². The number of thioether (sulfide) groups is 1. The molecule has 1 saturated heterocycles. The first-order valence-corrected chi connectivity index (χ1v) is 7.98. The Bertz CT molecular complexity index is 401. The maximum atomic E-state index is 6.04. The van der Waals surface area contributed by atoms with Crippen LogP contribution in [0.3, 0.4) is 0 Å². The van der Waals surface area contributed by atoms with Crippen molar-refractivity contribution >= 4 is 23.4 Å². The minimum Gasteiger partial charge on any atom is -0.306 e. The standard InChI is InChI=1S/C14H18ClNS/c15-11-4-5-13-10(8-11)3-6-14(13)16-12-2-1-7-17-9-12/h4-5,8,12,14,16H,1-3,6-7,9H2. The van der Waals surface area contributed by atoms with Crippen LogP contribution in [0.1, 0.15) is 36.4 Å². The van der Waals surface area contributed by atoms with E-state index in [1.54, 1.807) is 0 Å². The summed E-state index contributed by atoms with van der Waals surface area (Å²) in [5.41, 5.74) is 2.92. The normalized spacial score (nSPS) is 28.1. The number of fused-ring (bicyclic) bond motifs is 1. The topological polar surface area (TPSA) is 12.0 Å². The summed E-state index contributed by atoms with van der Waals surface area (Å²) in [5.74, 6) is 2.62. The lowest BCUT2D eigenvalue weighted by Crippen LogP contribution is -2.35. The number of aryl methyl sites for hydroxylation is 1. The van der Waals surface area contributed by atoms with Crippen LogP contribution in [0.2, 0.25) is 5.02 Å². The monoisotopic (exact) mass is 267 g/mol. The lowest BCUT2D eigenvalue weighted by Gasteiger charge is -2.26. The van der Waals surface area contributed by atoms with Gasteiger partial charge in [-0.25, -0.2) is 0 Å². The Balaban J connectivity index is 1.70. The minimum absolute atomic E-state index is 0.561. The maximum Gasteiger partial charge on any atom is 0.0408 e. The predicted octanol–water partition coefficient (Wildman–Crippen LogP) is 3.81. The molecule has 1 aliphatic heterocycles. The van der Waals surface area contributed by atoms with Crippen molar-refractivity contribution in [3.05, 3.63) is 34.3 Å². The number of nitrogens with one attached hydrogen (secondary N) is 1. The molecule has 0 aromatic heterocycles. The van der Waals surface area contributed by atoms with E-state index in [0.717, 1.165) is 5.02 Å². The van der Waals surface area contributed by atoms with Gasteiger partial charge >= 0.3 is 0 Å². The second-order valence-corrected chi connectivity index (χ2v) is 6.60. The first kappa shape index (κ1) is 11.9. The van der Waals surface area contributed by atoms with E-state index in [1.165, 1.54) is 48.3 Å². The van der Waals surface area contributed by atoms with Gasteiger partial charge in [0, 0.05) is 22.9 Å². The van der Waals surface area contributed by atoms with Crippen molar-refractivity contribution in [1.29, 1.82) is 0 Å². The molecule has 0 spiro atoms. The number of halogens is 1. The lowest BCUT2D eigenvalue weighted by atomic mass is 10.1. The number of hydrogen-bond donors (Lipinski definition) is 1. The summed E-state index contributed by atoms with van der Waals surface area (Å²) >= 11 is 8.13. The van der Waals surface area contributed by atoms with Gasteiger partial charge in [-0.15, -0.1) is 0 Å². The molecule has 1 aromatic rings. The molecule has 2 aliphatic rings. The summed E-state index contributed by atoms with van der Waals surface area (Å²) in [4.78, 5) is 0. The molecule has 0 saturated carbocycles. The largest absolute Gasteiger partial charge is 0.306 e. The molecule has 0 bridgehead atoms. The highest BCUT2D eigenvalue weighted by molar-refractivity contribution is 7.99. The van der Waals surface area contributed by atoms with E-state index in [1.807, 2.05) is 6.07 Å². The Labute approximate surface area is 112 Å². The molecule has 1 aliphatic carbocycles. The summed E-state index contributed by atoms with van der Waals surface area (Å²) in [5, 5.41) is 4.70. The first-order valence-electron chi connectivity index (χ1n) is 6.45. The van der Waals surface area contributed by atoms with Gasteiger partial charge in [0.1, 0.15) is 0 Å². The lowest BCUT2D eigenvalue weighted by molar-refractivity contribution is 0.431. The van der Waals surface area contributed by atoms with E-state index in [9.17, 15) is 0 Å². The Morgan fingerprint density at radius 2 is 2.24 bits per heavy atom. The van der Waals surface area contributed by atoms with Crippen LogP contribution >= 0.6 is 23.4 Å². The highest BCUT2D eigenvalue weighted by atomic mass is 35.5. The molecular weight excluding hydrogens is 250 g/mol. The van der Waals surface area contributed by atoms with Gasteiger partial charge in [-0.3, -0.25) is 0 Å². The number of hydrogen-bond acceptors (Lipinski definition) is 2. The van der Waals surface area contributed by atoms with Crippen LogP contribution in [-0.4, -0.2) is 17.5 Å². The molecule has 92 valence electrons. The van der Waals surface area contributed by atoms with Crippen molar-refractivity contribution in [2.45, 2.75) is 37.8 Å². The molecule has 1 fully saturated rings. The van der Waals surface area contributed by atoms with Gasteiger partial charge in [0.2, 0.25) is 0 Å². The van der Waals surface area contributed by atoms with Crippen LogP contribution in [0.15, 0.2) is 18.2 Å². The molecule has 3 heteroatoms. The van der Waals surface area contributed by atoms with Crippen LogP contribution < -0.4 is 5.32 Å². The number of benzene rings is 1. The van der Waals surface area contributed by atoms with Crippen molar-refractivity contribution in [2.75, 3.05) is 11.5 Å². The van der Waals surface area contributed by atoms with Crippen molar-refractivity contribution in [1.82, 2.24) is 5.32 Å². The van der Waals surface area contributed by atoms with Crippen LogP contribution in [0.4, 0.5) is 0 Å². The fraction of sp³-hybridized carbons (Fsp3) is 0.571. The van der Waals surface area contributed by atoms with Crippen molar-refractivity contribution < 1.29 is 0 Å². The molecule has 0 radical (unpaired) electrons. The fourth-order valence-electron chi connectivity index (χ4n) is 2.92. The van der Waals surface area contributed by atoms with Crippen molar-refractivity contribution in [3.63, 3.8) is 0 Å². The fourth-order valence-corrected chi connectivity index (χ4v) is 4.20. The van der Waals surface area contributed by atoms with Gasteiger partial charge in [-0.2, -0.15) is 11.8 Å². The van der Waals surface area contributed by atoms with Gasteiger partial charge in [0.05, 0.1) is 0 Å². The second kappa shape index (κ2) is 5.21. The summed E-state index contributed by atoms with van der Waals surface area (Å²) in [6, 6.07) is 7.63. The maximum absolute atomic E-state index is 6.04. The molecule has 0 amide bonds. The third-order valence-electron chi connectivity index (χ3n) is 3.78. The highest BCUT2D eigenvalue weighted by Crippen LogP contribution is 2.34. The SMILES string of the molecule is Clc1ccc2c(c1)CCC2NC1CCCSC1. The molecular formula is C14H18ClNS. The Kier molecular flexibility index (Phi) is 3.64. The molecule has 1 N–H and O–H groups in total. The van der Waals surface area contributed by atoms with E-state index in [-0.39, 0.29) is 0 Å². The number of rotatable bonds is 2.